The van der Waals surface area contributed by atoms with E-state index in [-0.39, 0.29) is 11.3 Å². The zero-order valence-corrected chi connectivity index (χ0v) is 18.8. The lowest BCUT2D eigenvalue weighted by Crippen LogP contribution is -2.18. The number of aryl methyl sites for hydroxylation is 1. The summed E-state index contributed by atoms with van der Waals surface area (Å²) in [5, 5.41) is 9.32. The van der Waals surface area contributed by atoms with Crippen molar-refractivity contribution in [2.45, 2.75) is 46.4 Å². The molecule has 0 heterocycles. The predicted molar refractivity (Wildman–Crippen MR) is 118 cm³/mol. The van der Waals surface area contributed by atoms with Crippen LogP contribution >= 0.6 is 9.24 Å². The molecule has 2 aromatic carbocycles. The molecule has 4 nitrogen and oxygen atoms in total. The average molecular weight is 425 g/mol. The molecule has 1 unspecified atom stereocenters. The van der Waals surface area contributed by atoms with E-state index < -0.39 is 11.8 Å². The molecule has 160 valence electrons. The monoisotopic (exact) mass is 425 g/mol. The number of carboxylic acid groups (broad SMARTS) is 1. The molecular weight excluding hydrogens is 395 g/mol. The van der Waals surface area contributed by atoms with Crippen molar-refractivity contribution in [2.24, 2.45) is 0 Å². The van der Waals surface area contributed by atoms with Crippen molar-refractivity contribution in [3.63, 3.8) is 0 Å². The molecule has 0 saturated heterocycles. The fraction of sp³-hybridized carbons (Fsp3) is 0.409. The summed E-state index contributed by atoms with van der Waals surface area (Å²) in [6, 6.07) is 9.37. The maximum absolute atomic E-state index is 12.9. The highest BCUT2D eigenvalue weighted by atomic mass is 31.0. The Labute approximate surface area is 174 Å². The van der Waals surface area contributed by atoms with Gasteiger partial charge in [-0.25, -0.2) is 4.79 Å². The van der Waals surface area contributed by atoms with Crippen molar-refractivity contribution in [3.8, 4) is 16.9 Å². The summed E-state index contributed by atoms with van der Waals surface area (Å²) in [6.45, 7) is 8.94. The standard InChI is InChI=1S/C18H20F2NO3P.C4H10/c1-4-21(3)16-11(2)9-13(17(22)23)10-15(16)12-5-7-14(8-6-12)24-18(19,20)25;1-3-4-2/h5-10H,4,25H2,1-3H3,(H,22,23);3-4H2,1-2H3. The topological polar surface area (TPSA) is 49.8 Å². The van der Waals surface area contributed by atoms with E-state index in [0.717, 1.165) is 28.9 Å². The number of carbonyl (C=O) groups is 1. The van der Waals surface area contributed by atoms with Crippen molar-refractivity contribution < 1.29 is 23.4 Å². The molecule has 0 aliphatic rings. The van der Waals surface area contributed by atoms with Crippen molar-refractivity contribution in [1.29, 1.82) is 0 Å². The molecule has 0 aliphatic carbocycles. The normalized spacial score (nSPS) is 10.8. The third kappa shape index (κ3) is 7.62. The Balaban J connectivity index is 0.000000960. The van der Waals surface area contributed by atoms with E-state index in [9.17, 15) is 18.7 Å². The molecule has 1 N–H and O–H groups in total. The van der Waals surface area contributed by atoms with Crippen LogP contribution in [0.5, 0.6) is 5.75 Å². The number of nitrogens with zero attached hydrogens (tertiary/aromatic N) is 1. The molecule has 0 aliphatic heterocycles. The van der Waals surface area contributed by atoms with Crippen molar-refractivity contribution >= 4 is 20.9 Å². The maximum Gasteiger partial charge on any atom is 0.408 e. The van der Waals surface area contributed by atoms with Gasteiger partial charge in [-0.15, -0.1) is 0 Å². The lowest BCUT2D eigenvalue weighted by molar-refractivity contribution is -0.0892. The fourth-order valence-electron chi connectivity index (χ4n) is 2.65. The first-order chi connectivity index (χ1) is 13.5. The van der Waals surface area contributed by atoms with Crippen molar-refractivity contribution in [1.82, 2.24) is 0 Å². The van der Waals surface area contributed by atoms with E-state index in [2.05, 4.69) is 18.6 Å². The molecule has 0 fully saturated rings. The number of unbranched alkanes of at least 4 members (excludes halogenated alkanes) is 1. The summed E-state index contributed by atoms with van der Waals surface area (Å²) < 4.78 is 30.3. The van der Waals surface area contributed by atoms with Crippen LogP contribution in [0.1, 0.15) is 49.5 Å². The van der Waals surface area contributed by atoms with Crippen LogP contribution < -0.4 is 9.64 Å². The number of ether oxygens (including phenoxy) is 1. The fourth-order valence-corrected chi connectivity index (χ4v) is 2.78. The highest BCUT2D eigenvalue weighted by Gasteiger charge is 2.23. The third-order valence-electron chi connectivity index (χ3n) is 4.32. The Bertz CT molecular complexity index is 803. The minimum Gasteiger partial charge on any atom is -0.478 e. The molecule has 0 bridgehead atoms. The lowest BCUT2D eigenvalue weighted by atomic mass is 9.96. The van der Waals surface area contributed by atoms with Gasteiger partial charge >= 0.3 is 11.8 Å². The van der Waals surface area contributed by atoms with Crippen LogP contribution in [0, 0.1) is 6.92 Å². The highest BCUT2D eigenvalue weighted by molar-refractivity contribution is 7.17. The van der Waals surface area contributed by atoms with Crippen LogP contribution in [-0.4, -0.2) is 30.5 Å². The number of hydrogen-bond donors (Lipinski definition) is 1. The van der Waals surface area contributed by atoms with Gasteiger partial charge in [0.25, 0.3) is 0 Å². The summed E-state index contributed by atoms with van der Waals surface area (Å²) in [6.07, 6.45) is 2.64. The van der Waals surface area contributed by atoms with Crippen LogP contribution in [0.2, 0.25) is 0 Å². The molecule has 0 saturated carbocycles. The van der Waals surface area contributed by atoms with E-state index >= 15 is 0 Å². The second-order valence-corrected chi connectivity index (χ2v) is 7.37. The Morgan fingerprint density at radius 2 is 1.69 bits per heavy atom. The number of aromatic carboxylic acids is 1. The summed E-state index contributed by atoms with van der Waals surface area (Å²) in [5.41, 5.74) is 3.36. The molecule has 0 spiro atoms. The predicted octanol–water partition coefficient (Wildman–Crippen LogP) is 6.43. The molecule has 29 heavy (non-hydrogen) atoms. The van der Waals surface area contributed by atoms with E-state index in [0.29, 0.717) is 0 Å². The molecule has 2 aromatic rings. The van der Waals surface area contributed by atoms with Gasteiger partial charge in [0.15, 0.2) is 0 Å². The smallest absolute Gasteiger partial charge is 0.408 e. The highest BCUT2D eigenvalue weighted by Crippen LogP contribution is 2.36. The summed E-state index contributed by atoms with van der Waals surface area (Å²) in [7, 11) is 3.24. The number of anilines is 1. The number of carboxylic acids is 1. The zero-order chi connectivity index (χ0) is 22.2. The van der Waals surface area contributed by atoms with Crippen LogP contribution in [0.4, 0.5) is 14.5 Å². The summed E-state index contributed by atoms with van der Waals surface area (Å²) in [5.74, 6) is -4.33. The number of alkyl halides is 2. The molecule has 0 radical (unpaired) electrons. The van der Waals surface area contributed by atoms with Gasteiger partial charge in [0.1, 0.15) is 5.75 Å². The number of rotatable bonds is 7. The second-order valence-electron chi connectivity index (χ2n) is 6.70. The van der Waals surface area contributed by atoms with Gasteiger partial charge in [0.2, 0.25) is 0 Å². The number of hydrogen-bond acceptors (Lipinski definition) is 3. The van der Waals surface area contributed by atoms with Crippen LogP contribution in [0.15, 0.2) is 36.4 Å². The second kappa shape index (κ2) is 11.1. The van der Waals surface area contributed by atoms with Gasteiger partial charge in [0, 0.05) is 24.8 Å². The van der Waals surface area contributed by atoms with Gasteiger partial charge in [-0.3, -0.25) is 0 Å². The van der Waals surface area contributed by atoms with Gasteiger partial charge < -0.3 is 14.7 Å². The number of halogens is 2. The van der Waals surface area contributed by atoms with Crippen LogP contribution in [0.3, 0.4) is 0 Å². The molecule has 7 heteroatoms. The minimum atomic E-state index is -3.34. The molecule has 0 amide bonds. The maximum atomic E-state index is 12.9. The first-order valence-corrected chi connectivity index (χ1v) is 10.2. The first kappa shape index (κ1) is 24.8. The SMILES string of the molecule is CCCC.CCN(C)c1c(C)cc(C(=O)O)cc1-c1ccc(OC(F)(F)P)cc1. The van der Waals surface area contributed by atoms with Crippen LogP contribution in [0.25, 0.3) is 11.1 Å². The lowest BCUT2D eigenvalue weighted by Gasteiger charge is -2.24. The summed E-state index contributed by atoms with van der Waals surface area (Å²) in [4.78, 5) is 13.4. The molecule has 2 rings (SSSR count). The Kier molecular flexibility index (Phi) is 9.51. The number of benzene rings is 2. The van der Waals surface area contributed by atoms with E-state index in [4.69, 9.17) is 0 Å². The molecule has 0 aromatic heterocycles. The molecular formula is C22H30F2NO3P. The Morgan fingerprint density at radius 3 is 2.10 bits per heavy atom. The van der Waals surface area contributed by atoms with E-state index in [1.165, 1.54) is 34.2 Å². The van der Waals surface area contributed by atoms with E-state index in [1.54, 1.807) is 24.3 Å². The summed E-state index contributed by atoms with van der Waals surface area (Å²) >= 11 is 0. The Morgan fingerprint density at radius 1 is 1.14 bits per heavy atom. The van der Waals surface area contributed by atoms with Crippen molar-refractivity contribution in [2.75, 3.05) is 18.5 Å². The van der Waals surface area contributed by atoms with Gasteiger partial charge in [-0.1, -0.05) is 38.8 Å². The van der Waals surface area contributed by atoms with Gasteiger partial charge in [0.05, 0.1) is 5.56 Å². The van der Waals surface area contributed by atoms with E-state index in [1.807, 2.05) is 25.8 Å². The first-order valence-electron chi connectivity index (χ1n) is 9.59. The average Bonchev–Trinajstić information content (AvgIpc) is 2.66. The van der Waals surface area contributed by atoms with Crippen LogP contribution in [-0.2, 0) is 0 Å². The van der Waals surface area contributed by atoms with Gasteiger partial charge in [-0.2, -0.15) is 8.78 Å². The van der Waals surface area contributed by atoms with Crippen molar-refractivity contribution in [3.05, 3.63) is 47.5 Å². The third-order valence-corrected chi connectivity index (χ3v) is 4.44. The minimum absolute atomic E-state index is 0.0280. The zero-order valence-electron chi connectivity index (χ0n) is 17.6. The largest absolute Gasteiger partial charge is 0.478 e. The molecule has 1 atom stereocenters. The van der Waals surface area contributed by atoms with Gasteiger partial charge in [-0.05, 0) is 58.5 Å². The quantitative estimate of drug-likeness (QED) is 0.520. The Hall–Kier alpha value is -2.20.